The first kappa shape index (κ1) is 12.2. The summed E-state index contributed by atoms with van der Waals surface area (Å²) < 4.78 is 10.8. The summed E-state index contributed by atoms with van der Waals surface area (Å²) in [5, 5.41) is 10.3. The summed E-state index contributed by atoms with van der Waals surface area (Å²) in [5.41, 5.74) is -0.638. The van der Waals surface area contributed by atoms with Crippen molar-refractivity contribution in [3.63, 3.8) is 0 Å². The summed E-state index contributed by atoms with van der Waals surface area (Å²) in [5.74, 6) is 1.53. The second kappa shape index (κ2) is 5.41. The van der Waals surface area contributed by atoms with Crippen molar-refractivity contribution in [1.29, 1.82) is 0 Å². The summed E-state index contributed by atoms with van der Waals surface area (Å²) in [6.45, 7) is 0.375. The highest BCUT2D eigenvalue weighted by Crippen LogP contribution is 2.29. The lowest BCUT2D eigenvalue weighted by atomic mass is 9.85. The van der Waals surface area contributed by atoms with Crippen molar-refractivity contribution in [2.75, 3.05) is 13.7 Å². The summed E-state index contributed by atoms with van der Waals surface area (Å²) in [6, 6.07) is 7.49. The molecular weight excluding hydrogens is 216 g/mol. The van der Waals surface area contributed by atoms with Crippen LogP contribution in [-0.2, 0) is 0 Å². The van der Waals surface area contributed by atoms with Crippen LogP contribution in [0.1, 0.15) is 32.1 Å². The first-order valence-electron chi connectivity index (χ1n) is 6.21. The maximum absolute atomic E-state index is 10.3. The zero-order valence-corrected chi connectivity index (χ0v) is 10.3. The third-order valence-electron chi connectivity index (χ3n) is 3.33. The van der Waals surface area contributed by atoms with Gasteiger partial charge < -0.3 is 14.6 Å². The first-order chi connectivity index (χ1) is 8.22. The molecule has 0 atom stereocenters. The number of hydrogen-bond donors (Lipinski definition) is 1. The van der Waals surface area contributed by atoms with Crippen molar-refractivity contribution in [3.8, 4) is 11.5 Å². The van der Waals surface area contributed by atoms with Gasteiger partial charge in [-0.3, -0.25) is 0 Å². The SMILES string of the molecule is COc1cccc(OCC2(O)CCCCC2)c1. The quantitative estimate of drug-likeness (QED) is 0.873. The van der Waals surface area contributed by atoms with Crippen LogP contribution in [0.3, 0.4) is 0 Å². The standard InChI is InChI=1S/C14H20O3/c1-16-12-6-5-7-13(10-12)17-11-14(15)8-3-2-4-9-14/h5-7,10,15H,2-4,8-9,11H2,1H3. The molecule has 1 saturated carbocycles. The second-order valence-electron chi connectivity index (χ2n) is 4.75. The van der Waals surface area contributed by atoms with E-state index in [1.807, 2.05) is 24.3 Å². The molecule has 0 aromatic heterocycles. The minimum absolute atomic E-state index is 0.375. The Morgan fingerprint density at radius 1 is 1.18 bits per heavy atom. The first-order valence-corrected chi connectivity index (χ1v) is 6.21. The molecule has 17 heavy (non-hydrogen) atoms. The monoisotopic (exact) mass is 236 g/mol. The number of aliphatic hydroxyl groups is 1. The van der Waals surface area contributed by atoms with Gasteiger partial charge in [0.25, 0.3) is 0 Å². The Bertz CT molecular complexity index is 356. The van der Waals surface area contributed by atoms with E-state index < -0.39 is 5.60 Å². The highest BCUT2D eigenvalue weighted by Gasteiger charge is 2.29. The van der Waals surface area contributed by atoms with Crippen molar-refractivity contribution < 1.29 is 14.6 Å². The van der Waals surface area contributed by atoms with Crippen LogP contribution in [0.15, 0.2) is 24.3 Å². The van der Waals surface area contributed by atoms with Crippen molar-refractivity contribution in [2.45, 2.75) is 37.7 Å². The molecule has 0 saturated heterocycles. The van der Waals surface area contributed by atoms with E-state index >= 15 is 0 Å². The van der Waals surface area contributed by atoms with E-state index in [1.165, 1.54) is 6.42 Å². The largest absolute Gasteiger partial charge is 0.497 e. The molecule has 94 valence electrons. The molecule has 0 spiro atoms. The van der Waals surface area contributed by atoms with Crippen molar-refractivity contribution in [3.05, 3.63) is 24.3 Å². The summed E-state index contributed by atoms with van der Waals surface area (Å²) in [4.78, 5) is 0. The molecule has 1 fully saturated rings. The fourth-order valence-corrected chi connectivity index (χ4v) is 2.26. The van der Waals surface area contributed by atoms with E-state index in [-0.39, 0.29) is 0 Å². The minimum atomic E-state index is -0.638. The van der Waals surface area contributed by atoms with E-state index in [0.717, 1.165) is 37.2 Å². The van der Waals surface area contributed by atoms with Crippen molar-refractivity contribution >= 4 is 0 Å². The highest BCUT2D eigenvalue weighted by molar-refractivity contribution is 5.32. The van der Waals surface area contributed by atoms with E-state index in [0.29, 0.717) is 6.61 Å². The summed E-state index contributed by atoms with van der Waals surface area (Å²) >= 11 is 0. The lowest BCUT2D eigenvalue weighted by molar-refractivity contribution is -0.0339. The number of rotatable bonds is 4. The van der Waals surface area contributed by atoms with Gasteiger partial charge in [0, 0.05) is 6.07 Å². The molecule has 1 aliphatic rings. The van der Waals surface area contributed by atoms with Crippen LogP contribution in [0, 0.1) is 0 Å². The Balaban J connectivity index is 1.92. The van der Waals surface area contributed by atoms with Gasteiger partial charge in [0.05, 0.1) is 12.7 Å². The lowest BCUT2D eigenvalue weighted by Crippen LogP contribution is -2.37. The Hall–Kier alpha value is -1.22. The number of hydrogen-bond acceptors (Lipinski definition) is 3. The molecule has 0 amide bonds. The van der Waals surface area contributed by atoms with Gasteiger partial charge in [-0.25, -0.2) is 0 Å². The fraction of sp³-hybridized carbons (Fsp3) is 0.571. The molecular formula is C14H20O3. The molecule has 1 aliphatic carbocycles. The van der Waals surface area contributed by atoms with E-state index in [9.17, 15) is 5.11 Å². The normalized spacial score (nSPS) is 18.7. The summed E-state index contributed by atoms with van der Waals surface area (Å²) in [6.07, 6.45) is 5.10. The number of methoxy groups -OCH3 is 1. The van der Waals surface area contributed by atoms with E-state index in [2.05, 4.69) is 0 Å². The molecule has 2 rings (SSSR count). The molecule has 0 heterocycles. The second-order valence-corrected chi connectivity index (χ2v) is 4.75. The molecule has 3 heteroatoms. The Morgan fingerprint density at radius 3 is 2.59 bits per heavy atom. The predicted octanol–water partition coefficient (Wildman–Crippen LogP) is 2.77. The Labute approximate surface area is 102 Å². The summed E-state index contributed by atoms with van der Waals surface area (Å²) in [7, 11) is 1.63. The minimum Gasteiger partial charge on any atom is -0.497 e. The highest BCUT2D eigenvalue weighted by atomic mass is 16.5. The molecule has 1 aromatic carbocycles. The van der Waals surface area contributed by atoms with Crippen LogP contribution in [0.25, 0.3) is 0 Å². The zero-order chi connectivity index (χ0) is 12.1. The molecule has 1 aromatic rings. The fourth-order valence-electron chi connectivity index (χ4n) is 2.26. The van der Waals surface area contributed by atoms with Gasteiger partial charge in [-0.1, -0.05) is 25.3 Å². The third kappa shape index (κ3) is 3.37. The smallest absolute Gasteiger partial charge is 0.123 e. The Morgan fingerprint density at radius 2 is 1.88 bits per heavy atom. The van der Waals surface area contributed by atoms with Crippen LogP contribution in [0.5, 0.6) is 11.5 Å². The Kier molecular flexibility index (Phi) is 3.89. The van der Waals surface area contributed by atoms with Gasteiger partial charge in [-0.2, -0.15) is 0 Å². The van der Waals surface area contributed by atoms with Crippen LogP contribution < -0.4 is 9.47 Å². The molecule has 0 unspecified atom stereocenters. The van der Waals surface area contributed by atoms with Gasteiger partial charge in [0.2, 0.25) is 0 Å². The van der Waals surface area contributed by atoms with Crippen LogP contribution in [0.2, 0.25) is 0 Å². The molecule has 0 aliphatic heterocycles. The third-order valence-corrected chi connectivity index (χ3v) is 3.33. The maximum Gasteiger partial charge on any atom is 0.123 e. The van der Waals surface area contributed by atoms with Gasteiger partial charge in [0.15, 0.2) is 0 Å². The van der Waals surface area contributed by atoms with Crippen molar-refractivity contribution in [2.24, 2.45) is 0 Å². The van der Waals surface area contributed by atoms with Crippen LogP contribution in [0.4, 0.5) is 0 Å². The average molecular weight is 236 g/mol. The van der Waals surface area contributed by atoms with E-state index in [1.54, 1.807) is 7.11 Å². The molecule has 3 nitrogen and oxygen atoms in total. The number of ether oxygens (including phenoxy) is 2. The topological polar surface area (TPSA) is 38.7 Å². The molecule has 0 radical (unpaired) electrons. The van der Waals surface area contributed by atoms with Gasteiger partial charge in [0.1, 0.15) is 18.1 Å². The average Bonchev–Trinajstić information content (AvgIpc) is 2.38. The maximum atomic E-state index is 10.3. The molecule has 1 N–H and O–H groups in total. The molecule has 0 bridgehead atoms. The lowest BCUT2D eigenvalue weighted by Gasteiger charge is -2.31. The van der Waals surface area contributed by atoms with Gasteiger partial charge in [-0.15, -0.1) is 0 Å². The van der Waals surface area contributed by atoms with Gasteiger partial charge in [-0.05, 0) is 25.0 Å². The van der Waals surface area contributed by atoms with Crippen LogP contribution in [-0.4, -0.2) is 24.4 Å². The number of benzene rings is 1. The zero-order valence-electron chi connectivity index (χ0n) is 10.3. The van der Waals surface area contributed by atoms with Crippen LogP contribution >= 0.6 is 0 Å². The van der Waals surface area contributed by atoms with Crippen molar-refractivity contribution in [1.82, 2.24) is 0 Å². The van der Waals surface area contributed by atoms with E-state index in [4.69, 9.17) is 9.47 Å². The predicted molar refractivity (Wildman–Crippen MR) is 66.5 cm³/mol. The van der Waals surface area contributed by atoms with Gasteiger partial charge >= 0.3 is 0 Å².